The molecule has 0 amide bonds. The zero-order chi connectivity index (χ0) is 13.1. The van der Waals surface area contributed by atoms with Crippen LogP contribution in [0.25, 0.3) is 0 Å². The van der Waals surface area contributed by atoms with E-state index in [9.17, 15) is 0 Å². The van der Waals surface area contributed by atoms with Gasteiger partial charge in [-0.25, -0.2) is 0 Å². The lowest BCUT2D eigenvalue weighted by Gasteiger charge is -2.05. The second-order valence-electron chi connectivity index (χ2n) is 4.35. The van der Waals surface area contributed by atoms with E-state index in [1.54, 1.807) is 18.5 Å². The fourth-order valence-corrected chi connectivity index (χ4v) is 2.30. The van der Waals surface area contributed by atoms with E-state index in [0.29, 0.717) is 5.02 Å². The van der Waals surface area contributed by atoms with Gasteiger partial charge in [0.2, 0.25) is 0 Å². The van der Waals surface area contributed by atoms with Crippen LogP contribution in [0, 0.1) is 0 Å². The molecular weight excluding hydrogens is 314 g/mol. The fourth-order valence-electron chi connectivity index (χ4n) is 1.74. The average molecular weight is 335 g/mol. The molecular formula is C14H21BrClNO. The lowest BCUT2D eigenvalue weighted by molar-refractivity contribution is 0.303. The van der Waals surface area contributed by atoms with Gasteiger partial charge in [0.1, 0.15) is 5.75 Å². The van der Waals surface area contributed by atoms with Crippen molar-refractivity contribution in [3.05, 3.63) is 23.5 Å². The molecule has 0 aliphatic heterocycles. The Hall–Kier alpha value is -0.280. The molecule has 0 spiro atoms. The zero-order valence-electron chi connectivity index (χ0n) is 10.7. The third kappa shape index (κ3) is 7.93. The average Bonchev–Trinajstić information content (AvgIpc) is 2.37. The highest BCUT2D eigenvalue weighted by molar-refractivity contribution is 9.09. The Labute approximate surface area is 123 Å². The lowest BCUT2D eigenvalue weighted by atomic mass is 10.1. The van der Waals surface area contributed by atoms with Crippen LogP contribution in [0.3, 0.4) is 0 Å². The molecule has 0 atom stereocenters. The molecule has 0 unspecified atom stereocenters. The Bertz CT molecular complexity index is 322. The molecule has 0 saturated heterocycles. The van der Waals surface area contributed by atoms with Crippen LogP contribution in [0.15, 0.2) is 18.5 Å². The Morgan fingerprint density at radius 2 is 1.67 bits per heavy atom. The molecule has 4 heteroatoms. The topological polar surface area (TPSA) is 22.1 Å². The maximum absolute atomic E-state index is 5.82. The van der Waals surface area contributed by atoms with Gasteiger partial charge in [0.15, 0.2) is 0 Å². The number of alkyl halides is 1. The minimum atomic E-state index is 0.624. The van der Waals surface area contributed by atoms with E-state index in [2.05, 4.69) is 20.9 Å². The molecule has 0 fully saturated rings. The van der Waals surface area contributed by atoms with Crippen LogP contribution in [0.5, 0.6) is 5.75 Å². The van der Waals surface area contributed by atoms with E-state index in [1.807, 2.05) is 0 Å². The first-order chi connectivity index (χ1) is 8.83. The largest absolute Gasteiger partial charge is 0.492 e. The van der Waals surface area contributed by atoms with E-state index in [4.69, 9.17) is 16.3 Å². The molecule has 0 N–H and O–H groups in total. The van der Waals surface area contributed by atoms with Gasteiger partial charge in [-0.3, -0.25) is 4.98 Å². The van der Waals surface area contributed by atoms with Gasteiger partial charge in [0, 0.05) is 17.6 Å². The maximum Gasteiger partial charge on any atom is 0.139 e. The molecule has 0 aliphatic rings. The summed E-state index contributed by atoms with van der Waals surface area (Å²) in [5.74, 6) is 0.764. The third-order valence-corrected chi connectivity index (χ3v) is 3.49. The molecule has 1 heterocycles. The number of hydrogen-bond donors (Lipinski definition) is 0. The molecule has 0 aliphatic carbocycles. The molecule has 2 nitrogen and oxygen atoms in total. The Morgan fingerprint density at radius 3 is 2.33 bits per heavy atom. The molecule has 0 saturated carbocycles. The SMILES string of the molecule is Clc1cncc(OCCCCCCCCCBr)c1. The number of halogens is 2. The van der Waals surface area contributed by atoms with E-state index < -0.39 is 0 Å². The van der Waals surface area contributed by atoms with Crippen LogP contribution in [0.4, 0.5) is 0 Å². The summed E-state index contributed by atoms with van der Waals surface area (Å²) >= 11 is 9.27. The van der Waals surface area contributed by atoms with Gasteiger partial charge in [-0.2, -0.15) is 0 Å². The summed E-state index contributed by atoms with van der Waals surface area (Å²) in [6.45, 7) is 0.753. The molecule has 18 heavy (non-hydrogen) atoms. The van der Waals surface area contributed by atoms with Crippen LogP contribution >= 0.6 is 27.5 Å². The second kappa shape index (κ2) is 10.6. The van der Waals surface area contributed by atoms with Gasteiger partial charge in [-0.05, 0) is 12.8 Å². The van der Waals surface area contributed by atoms with Crippen LogP contribution in [0.2, 0.25) is 5.02 Å². The predicted octanol–water partition coefficient (Wildman–Crippen LogP) is 5.24. The first kappa shape index (κ1) is 15.8. The van der Waals surface area contributed by atoms with E-state index in [-0.39, 0.29) is 0 Å². The van der Waals surface area contributed by atoms with Crippen LogP contribution < -0.4 is 4.74 Å². The van der Waals surface area contributed by atoms with Crippen molar-refractivity contribution in [3.8, 4) is 5.75 Å². The number of rotatable bonds is 10. The van der Waals surface area contributed by atoms with E-state index in [0.717, 1.165) is 24.1 Å². The minimum Gasteiger partial charge on any atom is -0.492 e. The van der Waals surface area contributed by atoms with Gasteiger partial charge in [0.25, 0.3) is 0 Å². The van der Waals surface area contributed by atoms with Crippen molar-refractivity contribution >= 4 is 27.5 Å². The molecule has 1 aromatic rings. The van der Waals surface area contributed by atoms with Crippen LogP contribution in [-0.4, -0.2) is 16.9 Å². The Morgan fingerprint density at radius 1 is 1.00 bits per heavy atom. The van der Waals surface area contributed by atoms with Crippen molar-refractivity contribution in [2.24, 2.45) is 0 Å². The number of unbranched alkanes of at least 4 members (excludes halogenated alkanes) is 6. The third-order valence-electron chi connectivity index (χ3n) is 2.73. The molecule has 1 aromatic heterocycles. The molecule has 0 aromatic carbocycles. The lowest BCUT2D eigenvalue weighted by Crippen LogP contribution is -1.97. The minimum absolute atomic E-state index is 0.624. The molecule has 102 valence electrons. The van der Waals surface area contributed by atoms with Gasteiger partial charge < -0.3 is 4.74 Å². The van der Waals surface area contributed by atoms with Crippen LogP contribution in [-0.2, 0) is 0 Å². The van der Waals surface area contributed by atoms with Gasteiger partial charge in [0.05, 0.1) is 17.8 Å². The summed E-state index contributed by atoms with van der Waals surface area (Å²) < 4.78 is 5.58. The normalized spacial score (nSPS) is 10.6. The monoisotopic (exact) mass is 333 g/mol. The van der Waals surface area contributed by atoms with Gasteiger partial charge >= 0.3 is 0 Å². The second-order valence-corrected chi connectivity index (χ2v) is 5.58. The van der Waals surface area contributed by atoms with Crippen molar-refractivity contribution < 1.29 is 4.74 Å². The number of nitrogens with zero attached hydrogens (tertiary/aromatic N) is 1. The first-order valence-corrected chi connectivity index (χ1v) is 8.12. The highest BCUT2D eigenvalue weighted by Crippen LogP contribution is 2.15. The van der Waals surface area contributed by atoms with Gasteiger partial charge in [-0.15, -0.1) is 0 Å². The number of aromatic nitrogens is 1. The summed E-state index contributed by atoms with van der Waals surface area (Å²) in [7, 11) is 0. The van der Waals surface area contributed by atoms with Crippen molar-refractivity contribution in [2.45, 2.75) is 44.9 Å². The Balaban J connectivity index is 1.92. The summed E-state index contributed by atoms with van der Waals surface area (Å²) in [6, 6.07) is 1.80. The van der Waals surface area contributed by atoms with E-state index >= 15 is 0 Å². The fraction of sp³-hybridized carbons (Fsp3) is 0.643. The zero-order valence-corrected chi connectivity index (χ0v) is 13.0. The van der Waals surface area contributed by atoms with Crippen molar-refractivity contribution in [1.29, 1.82) is 0 Å². The van der Waals surface area contributed by atoms with Crippen LogP contribution in [0.1, 0.15) is 44.9 Å². The summed E-state index contributed by atoms with van der Waals surface area (Å²) in [5.41, 5.74) is 0. The standard InChI is InChI=1S/C14H21BrClNO/c15-8-6-4-2-1-3-5-7-9-18-14-10-13(16)11-17-12-14/h10-12H,1-9H2. The smallest absolute Gasteiger partial charge is 0.139 e. The summed E-state index contributed by atoms with van der Waals surface area (Å²) in [4.78, 5) is 3.98. The predicted molar refractivity (Wildman–Crippen MR) is 80.9 cm³/mol. The first-order valence-electron chi connectivity index (χ1n) is 6.62. The quantitative estimate of drug-likeness (QED) is 0.431. The van der Waals surface area contributed by atoms with Gasteiger partial charge in [-0.1, -0.05) is 59.6 Å². The maximum atomic E-state index is 5.82. The highest BCUT2D eigenvalue weighted by atomic mass is 79.9. The summed E-state index contributed by atoms with van der Waals surface area (Å²) in [6.07, 6.45) is 12.3. The molecule has 0 radical (unpaired) electrons. The number of ether oxygens (including phenoxy) is 1. The molecule has 1 rings (SSSR count). The van der Waals surface area contributed by atoms with E-state index in [1.165, 1.54) is 38.5 Å². The number of pyridine rings is 1. The van der Waals surface area contributed by atoms with Crippen molar-refractivity contribution in [3.63, 3.8) is 0 Å². The molecule has 0 bridgehead atoms. The number of hydrogen-bond acceptors (Lipinski definition) is 2. The Kier molecular flexibility index (Phi) is 9.31. The van der Waals surface area contributed by atoms with Crippen molar-refractivity contribution in [2.75, 3.05) is 11.9 Å². The van der Waals surface area contributed by atoms with Crippen molar-refractivity contribution in [1.82, 2.24) is 4.98 Å². The summed E-state index contributed by atoms with van der Waals surface area (Å²) in [5, 5.41) is 1.76. The highest BCUT2D eigenvalue weighted by Gasteiger charge is 1.96.